The summed E-state index contributed by atoms with van der Waals surface area (Å²) in [6, 6.07) is 5.63. The molecule has 3 N–H and O–H groups in total. The quantitative estimate of drug-likeness (QED) is 0.699. The second-order valence-corrected chi connectivity index (χ2v) is 2.83. The van der Waals surface area contributed by atoms with Crippen LogP contribution in [-0.2, 0) is 0 Å². The molecule has 0 unspecified atom stereocenters. The van der Waals surface area contributed by atoms with Gasteiger partial charge in [-0.1, -0.05) is 18.2 Å². The Morgan fingerprint density at radius 3 is 2.50 bits per heavy atom. The van der Waals surface area contributed by atoms with E-state index in [1.807, 2.05) is 0 Å². The van der Waals surface area contributed by atoms with Crippen molar-refractivity contribution >= 4 is 0 Å². The predicted octanol–water partition coefficient (Wildman–Crippen LogP) is 1.21. The molecule has 0 amide bonds. The van der Waals surface area contributed by atoms with Crippen molar-refractivity contribution in [1.29, 1.82) is 0 Å². The minimum absolute atomic E-state index is 0.257. The van der Waals surface area contributed by atoms with Crippen molar-refractivity contribution in [2.24, 2.45) is 5.73 Å². The van der Waals surface area contributed by atoms with Crippen LogP contribution in [0.25, 0.3) is 0 Å². The maximum absolute atomic E-state index is 13.0. The number of nitrogens with two attached hydrogens (primary N) is 1. The summed E-state index contributed by atoms with van der Waals surface area (Å²) in [5, 5.41) is 9.41. The molecule has 1 aromatic rings. The maximum Gasteiger partial charge on any atom is 0.129 e. The fourth-order valence-corrected chi connectivity index (χ4v) is 0.998. The lowest BCUT2D eigenvalue weighted by Gasteiger charge is -2.14. The lowest BCUT2D eigenvalue weighted by atomic mass is 10.0. The van der Waals surface area contributed by atoms with Crippen LogP contribution in [0.15, 0.2) is 24.3 Å². The highest BCUT2D eigenvalue weighted by Crippen LogP contribution is 2.18. The standard InChI is InChI=1S/C9H12FNO/c1-6(11)9(12)7-4-2-3-5-8(7)10/h2-6,9,12H,11H2,1H3/t6-,9-/m1/s1. The zero-order valence-electron chi connectivity index (χ0n) is 6.87. The van der Waals surface area contributed by atoms with E-state index in [0.717, 1.165) is 0 Å². The molecule has 0 radical (unpaired) electrons. The Hall–Kier alpha value is -0.930. The summed E-state index contributed by atoms with van der Waals surface area (Å²) in [5.74, 6) is -0.415. The first-order valence-corrected chi connectivity index (χ1v) is 3.81. The van der Waals surface area contributed by atoms with Gasteiger partial charge in [0.25, 0.3) is 0 Å². The molecule has 12 heavy (non-hydrogen) atoms. The predicted molar refractivity (Wildman–Crippen MR) is 45.0 cm³/mol. The van der Waals surface area contributed by atoms with Crippen molar-refractivity contribution in [2.45, 2.75) is 19.1 Å². The molecule has 0 saturated heterocycles. The zero-order chi connectivity index (χ0) is 9.14. The molecule has 3 heteroatoms. The Labute approximate surface area is 70.8 Å². The minimum atomic E-state index is -0.925. The van der Waals surface area contributed by atoms with Gasteiger partial charge in [0.2, 0.25) is 0 Å². The average molecular weight is 169 g/mol. The van der Waals surface area contributed by atoms with E-state index in [-0.39, 0.29) is 5.56 Å². The Kier molecular flexibility index (Phi) is 2.78. The third-order valence-electron chi connectivity index (χ3n) is 1.72. The largest absolute Gasteiger partial charge is 0.387 e. The van der Waals surface area contributed by atoms with Crippen molar-refractivity contribution in [3.63, 3.8) is 0 Å². The maximum atomic E-state index is 13.0. The summed E-state index contributed by atoms with van der Waals surface area (Å²) in [5.41, 5.74) is 5.68. The van der Waals surface area contributed by atoms with E-state index in [2.05, 4.69) is 0 Å². The summed E-state index contributed by atoms with van der Waals surface area (Å²) in [6.07, 6.45) is -0.925. The molecule has 0 aliphatic heterocycles. The highest BCUT2D eigenvalue weighted by atomic mass is 19.1. The van der Waals surface area contributed by atoms with Crippen LogP contribution in [0.2, 0.25) is 0 Å². The summed E-state index contributed by atoms with van der Waals surface area (Å²) in [4.78, 5) is 0. The number of rotatable bonds is 2. The van der Waals surface area contributed by atoms with Crippen LogP contribution in [0, 0.1) is 5.82 Å². The molecule has 0 spiro atoms. The average Bonchev–Trinajstić information content (AvgIpc) is 2.04. The lowest BCUT2D eigenvalue weighted by molar-refractivity contribution is 0.149. The van der Waals surface area contributed by atoms with Gasteiger partial charge in [-0.2, -0.15) is 0 Å². The first-order valence-electron chi connectivity index (χ1n) is 3.81. The summed E-state index contributed by atoms with van der Waals surface area (Å²) in [6.45, 7) is 1.64. The van der Waals surface area contributed by atoms with E-state index >= 15 is 0 Å². The second-order valence-electron chi connectivity index (χ2n) is 2.83. The normalized spacial score (nSPS) is 15.7. The molecular formula is C9H12FNO. The number of hydrogen-bond donors (Lipinski definition) is 2. The fraction of sp³-hybridized carbons (Fsp3) is 0.333. The highest BCUT2D eigenvalue weighted by molar-refractivity contribution is 5.20. The van der Waals surface area contributed by atoms with E-state index in [1.54, 1.807) is 19.1 Å². The SMILES string of the molecule is C[C@@H](N)[C@@H](O)c1ccccc1F. The Morgan fingerprint density at radius 2 is 2.00 bits per heavy atom. The van der Waals surface area contributed by atoms with Crippen molar-refractivity contribution in [1.82, 2.24) is 0 Å². The van der Waals surface area contributed by atoms with Gasteiger partial charge in [0.05, 0.1) is 6.10 Å². The number of aliphatic hydroxyl groups excluding tert-OH is 1. The van der Waals surface area contributed by atoms with Gasteiger partial charge < -0.3 is 10.8 Å². The van der Waals surface area contributed by atoms with Gasteiger partial charge in [-0.3, -0.25) is 0 Å². The molecule has 0 aliphatic carbocycles. The fourth-order valence-electron chi connectivity index (χ4n) is 0.998. The first-order chi connectivity index (χ1) is 5.63. The first kappa shape index (κ1) is 9.16. The van der Waals surface area contributed by atoms with E-state index in [4.69, 9.17) is 5.73 Å². The lowest BCUT2D eigenvalue weighted by Crippen LogP contribution is -2.25. The Balaban J connectivity index is 2.94. The van der Waals surface area contributed by atoms with Crippen LogP contribution in [0.5, 0.6) is 0 Å². The van der Waals surface area contributed by atoms with Gasteiger partial charge in [0.1, 0.15) is 5.82 Å². The molecule has 0 fully saturated rings. The molecule has 0 bridgehead atoms. The van der Waals surface area contributed by atoms with Crippen molar-refractivity contribution in [2.75, 3.05) is 0 Å². The van der Waals surface area contributed by atoms with Crippen molar-refractivity contribution in [3.05, 3.63) is 35.6 Å². The molecule has 2 atom stereocenters. The molecular weight excluding hydrogens is 157 g/mol. The minimum Gasteiger partial charge on any atom is -0.387 e. The summed E-state index contributed by atoms with van der Waals surface area (Å²) < 4.78 is 13.0. The molecule has 1 aromatic carbocycles. The molecule has 0 saturated carbocycles. The van der Waals surface area contributed by atoms with Crippen LogP contribution < -0.4 is 5.73 Å². The van der Waals surface area contributed by atoms with Crippen LogP contribution in [0.4, 0.5) is 4.39 Å². The van der Waals surface area contributed by atoms with Crippen LogP contribution in [-0.4, -0.2) is 11.1 Å². The van der Waals surface area contributed by atoms with Crippen LogP contribution in [0.3, 0.4) is 0 Å². The van der Waals surface area contributed by atoms with E-state index < -0.39 is 18.0 Å². The number of aliphatic hydroxyl groups is 1. The van der Waals surface area contributed by atoms with E-state index in [0.29, 0.717) is 0 Å². The number of hydrogen-bond acceptors (Lipinski definition) is 2. The Morgan fingerprint density at radius 1 is 1.42 bits per heavy atom. The van der Waals surface area contributed by atoms with Crippen molar-refractivity contribution < 1.29 is 9.50 Å². The summed E-state index contributed by atoms with van der Waals surface area (Å²) >= 11 is 0. The molecule has 2 nitrogen and oxygen atoms in total. The van der Waals surface area contributed by atoms with E-state index in [9.17, 15) is 9.50 Å². The second kappa shape index (κ2) is 3.65. The number of benzene rings is 1. The highest BCUT2D eigenvalue weighted by Gasteiger charge is 2.15. The van der Waals surface area contributed by atoms with Gasteiger partial charge in [0.15, 0.2) is 0 Å². The van der Waals surface area contributed by atoms with Gasteiger partial charge in [-0.25, -0.2) is 4.39 Å². The zero-order valence-corrected chi connectivity index (χ0v) is 6.87. The molecule has 0 aliphatic rings. The van der Waals surface area contributed by atoms with Crippen molar-refractivity contribution in [3.8, 4) is 0 Å². The van der Waals surface area contributed by atoms with E-state index in [1.165, 1.54) is 12.1 Å². The smallest absolute Gasteiger partial charge is 0.129 e. The third-order valence-corrected chi connectivity index (χ3v) is 1.72. The van der Waals surface area contributed by atoms with Crippen LogP contribution >= 0.6 is 0 Å². The van der Waals surface area contributed by atoms with Crippen LogP contribution in [0.1, 0.15) is 18.6 Å². The molecule has 66 valence electrons. The van der Waals surface area contributed by atoms with Gasteiger partial charge in [-0.05, 0) is 13.0 Å². The molecule has 1 rings (SSSR count). The topological polar surface area (TPSA) is 46.2 Å². The monoisotopic (exact) mass is 169 g/mol. The summed E-state index contributed by atoms with van der Waals surface area (Å²) in [7, 11) is 0. The van der Waals surface area contributed by atoms with Gasteiger partial charge in [0, 0.05) is 11.6 Å². The van der Waals surface area contributed by atoms with Gasteiger partial charge in [-0.15, -0.1) is 0 Å². The molecule has 0 aromatic heterocycles. The Bertz CT molecular complexity index is 262. The third kappa shape index (κ3) is 1.81. The van der Waals surface area contributed by atoms with Gasteiger partial charge >= 0.3 is 0 Å². The number of halogens is 1. The molecule has 0 heterocycles.